The van der Waals surface area contributed by atoms with Crippen LogP contribution in [0, 0.1) is 0 Å². The Kier molecular flexibility index (Phi) is 2.91. The molecule has 2 rings (SSSR count). The molecule has 0 bridgehead atoms. The van der Waals surface area contributed by atoms with Gasteiger partial charge in [0.2, 0.25) is 5.91 Å². The van der Waals surface area contributed by atoms with Gasteiger partial charge in [0.1, 0.15) is 0 Å². The van der Waals surface area contributed by atoms with Gasteiger partial charge < -0.3 is 4.90 Å². The molecule has 0 unspecified atom stereocenters. The summed E-state index contributed by atoms with van der Waals surface area (Å²) in [6.07, 6.45) is 0.463. The molecule has 16 heavy (non-hydrogen) atoms. The summed E-state index contributed by atoms with van der Waals surface area (Å²) < 4.78 is 0. The van der Waals surface area contributed by atoms with Crippen molar-refractivity contribution in [3.05, 3.63) is 48.0 Å². The number of carbonyl (C=O) groups is 1. The van der Waals surface area contributed by atoms with Crippen LogP contribution < -0.4 is 0 Å². The van der Waals surface area contributed by atoms with Crippen molar-refractivity contribution in [2.45, 2.75) is 6.42 Å². The molecule has 2 heteroatoms. The molecule has 0 aliphatic heterocycles. The third kappa shape index (κ3) is 2.22. The van der Waals surface area contributed by atoms with Crippen LogP contribution in [0.3, 0.4) is 0 Å². The molecule has 2 aliphatic carbocycles. The minimum Gasteiger partial charge on any atom is -0.349 e. The molecule has 0 N–H and O–H groups in total. The van der Waals surface area contributed by atoms with E-state index in [1.54, 1.807) is 19.0 Å². The van der Waals surface area contributed by atoms with Crippen LogP contribution in [0.25, 0.3) is 11.1 Å². The Balaban J connectivity index is 2.26. The number of carbonyl (C=O) groups excluding carboxylic acids is 1. The lowest BCUT2D eigenvalue weighted by Crippen LogP contribution is -2.23. The maximum atomic E-state index is 11.6. The Morgan fingerprint density at radius 1 is 1.00 bits per heavy atom. The smallest absolute Gasteiger partial charge is 0.226 e. The minimum atomic E-state index is 0.130. The third-order valence-electron chi connectivity index (χ3n) is 2.69. The number of hydrogen-bond donors (Lipinski definition) is 0. The van der Waals surface area contributed by atoms with Crippen LogP contribution in [0.15, 0.2) is 42.5 Å². The zero-order valence-electron chi connectivity index (χ0n) is 9.60. The lowest BCUT2D eigenvalue weighted by atomic mass is 10.2. The van der Waals surface area contributed by atoms with Crippen LogP contribution in [-0.4, -0.2) is 24.9 Å². The first-order chi connectivity index (χ1) is 7.66. The first kappa shape index (κ1) is 10.7. The maximum absolute atomic E-state index is 11.6. The summed E-state index contributed by atoms with van der Waals surface area (Å²) in [5.74, 6) is 0.130. The van der Waals surface area contributed by atoms with Crippen molar-refractivity contribution in [1.29, 1.82) is 0 Å². The summed E-state index contributed by atoms with van der Waals surface area (Å²) >= 11 is 0. The van der Waals surface area contributed by atoms with Gasteiger partial charge in [0.05, 0.1) is 6.42 Å². The van der Waals surface area contributed by atoms with E-state index in [0.29, 0.717) is 6.42 Å². The van der Waals surface area contributed by atoms with Crippen LogP contribution in [0.2, 0.25) is 0 Å². The lowest BCUT2D eigenvalue weighted by molar-refractivity contribution is -0.127. The number of hydrogen-bond acceptors (Lipinski definition) is 1. The SMILES string of the molecule is CN(C)C(=O)Cc1ccc2cccc-2cc1. The molecule has 0 spiro atoms. The molecular weight excluding hydrogens is 198 g/mol. The Labute approximate surface area is 95.8 Å². The van der Waals surface area contributed by atoms with Crippen molar-refractivity contribution in [3.8, 4) is 11.1 Å². The van der Waals surface area contributed by atoms with Gasteiger partial charge in [0.25, 0.3) is 0 Å². The highest BCUT2D eigenvalue weighted by atomic mass is 16.2. The Bertz CT molecular complexity index is 445. The van der Waals surface area contributed by atoms with Gasteiger partial charge >= 0.3 is 0 Å². The average molecular weight is 213 g/mol. The highest BCUT2D eigenvalue weighted by Crippen LogP contribution is 2.21. The second-order valence-electron chi connectivity index (χ2n) is 4.14. The number of nitrogens with zero attached hydrogens (tertiary/aromatic N) is 1. The standard InChI is InChI=1S/C14H15NO/c1-15(2)14(16)10-11-6-8-12-4-3-5-13(12)9-7-11/h3-9H,10H2,1-2H3. The average Bonchev–Trinajstić information content (AvgIpc) is 2.62. The summed E-state index contributed by atoms with van der Waals surface area (Å²) in [7, 11) is 3.56. The van der Waals surface area contributed by atoms with E-state index >= 15 is 0 Å². The zero-order chi connectivity index (χ0) is 11.5. The summed E-state index contributed by atoms with van der Waals surface area (Å²) in [5, 5.41) is 0. The van der Waals surface area contributed by atoms with Crippen molar-refractivity contribution < 1.29 is 4.79 Å². The monoisotopic (exact) mass is 213 g/mol. The van der Waals surface area contributed by atoms with Gasteiger partial charge in [-0.2, -0.15) is 0 Å². The van der Waals surface area contributed by atoms with E-state index in [0.717, 1.165) is 5.56 Å². The fourth-order valence-electron chi connectivity index (χ4n) is 1.65. The molecule has 0 saturated heterocycles. The molecule has 0 aromatic heterocycles. The fraction of sp³-hybridized carbons (Fsp3) is 0.214. The van der Waals surface area contributed by atoms with Gasteiger partial charge in [-0.1, -0.05) is 42.5 Å². The molecule has 0 fully saturated rings. The molecule has 0 heterocycles. The summed E-state index contributed by atoms with van der Waals surface area (Å²) in [6, 6.07) is 14.4. The van der Waals surface area contributed by atoms with E-state index in [1.165, 1.54) is 11.1 Å². The van der Waals surface area contributed by atoms with Crippen LogP contribution >= 0.6 is 0 Å². The first-order valence-corrected chi connectivity index (χ1v) is 5.34. The highest BCUT2D eigenvalue weighted by molar-refractivity contribution is 5.78. The van der Waals surface area contributed by atoms with Crippen molar-refractivity contribution >= 4 is 5.91 Å². The van der Waals surface area contributed by atoms with Crippen LogP contribution in [0.1, 0.15) is 5.56 Å². The van der Waals surface area contributed by atoms with Gasteiger partial charge in [0, 0.05) is 14.1 Å². The molecule has 0 aromatic carbocycles. The Morgan fingerprint density at radius 3 is 2.06 bits per heavy atom. The maximum Gasteiger partial charge on any atom is 0.226 e. The van der Waals surface area contributed by atoms with Gasteiger partial charge in [-0.15, -0.1) is 0 Å². The number of fused-ring (bicyclic) bond motifs is 1. The quantitative estimate of drug-likeness (QED) is 0.750. The number of rotatable bonds is 2. The molecular formula is C14H15NO. The fourth-order valence-corrected chi connectivity index (χ4v) is 1.65. The topological polar surface area (TPSA) is 20.3 Å². The number of amides is 1. The molecule has 0 atom stereocenters. The van der Waals surface area contributed by atoms with E-state index < -0.39 is 0 Å². The lowest BCUT2D eigenvalue weighted by Gasteiger charge is -2.08. The molecule has 0 saturated carbocycles. The van der Waals surface area contributed by atoms with Gasteiger partial charge in [-0.25, -0.2) is 0 Å². The second kappa shape index (κ2) is 4.35. The molecule has 2 nitrogen and oxygen atoms in total. The highest BCUT2D eigenvalue weighted by Gasteiger charge is 2.05. The summed E-state index contributed by atoms with van der Waals surface area (Å²) in [5.41, 5.74) is 3.47. The predicted octanol–water partition coefficient (Wildman–Crippen LogP) is 2.42. The van der Waals surface area contributed by atoms with Crippen LogP contribution in [0.5, 0.6) is 0 Å². The van der Waals surface area contributed by atoms with E-state index in [1.807, 2.05) is 18.2 Å². The van der Waals surface area contributed by atoms with E-state index in [9.17, 15) is 4.79 Å². The predicted molar refractivity (Wildman–Crippen MR) is 65.5 cm³/mol. The van der Waals surface area contributed by atoms with Crippen molar-refractivity contribution in [3.63, 3.8) is 0 Å². The van der Waals surface area contributed by atoms with E-state index in [2.05, 4.69) is 24.3 Å². The van der Waals surface area contributed by atoms with E-state index in [-0.39, 0.29) is 5.91 Å². The van der Waals surface area contributed by atoms with Gasteiger partial charge in [0.15, 0.2) is 0 Å². The molecule has 1 amide bonds. The van der Waals surface area contributed by atoms with Crippen LogP contribution in [-0.2, 0) is 11.2 Å². The van der Waals surface area contributed by atoms with Gasteiger partial charge in [-0.05, 0) is 16.7 Å². The minimum absolute atomic E-state index is 0.130. The van der Waals surface area contributed by atoms with E-state index in [4.69, 9.17) is 0 Å². The molecule has 82 valence electrons. The van der Waals surface area contributed by atoms with Crippen molar-refractivity contribution in [2.75, 3.05) is 14.1 Å². The van der Waals surface area contributed by atoms with Crippen LogP contribution in [0.4, 0.5) is 0 Å². The molecule has 0 radical (unpaired) electrons. The summed E-state index contributed by atoms with van der Waals surface area (Å²) in [6.45, 7) is 0. The molecule has 2 aliphatic rings. The zero-order valence-corrected chi connectivity index (χ0v) is 9.60. The largest absolute Gasteiger partial charge is 0.349 e. The summed E-state index contributed by atoms with van der Waals surface area (Å²) in [4.78, 5) is 13.2. The number of likely N-dealkylation sites (N-methyl/N-ethyl adjacent to an activating group) is 1. The second-order valence-corrected chi connectivity index (χ2v) is 4.14. The van der Waals surface area contributed by atoms with Crippen molar-refractivity contribution in [2.24, 2.45) is 0 Å². The first-order valence-electron chi connectivity index (χ1n) is 5.34. The Morgan fingerprint density at radius 2 is 1.56 bits per heavy atom. The third-order valence-corrected chi connectivity index (χ3v) is 2.69. The Hall–Kier alpha value is -1.83. The van der Waals surface area contributed by atoms with Crippen molar-refractivity contribution in [1.82, 2.24) is 4.90 Å². The molecule has 0 aromatic rings. The van der Waals surface area contributed by atoms with Gasteiger partial charge in [-0.3, -0.25) is 4.79 Å². The normalized spacial score (nSPS) is 10.4.